The topological polar surface area (TPSA) is 87.9 Å². The van der Waals surface area contributed by atoms with Crippen molar-refractivity contribution in [3.63, 3.8) is 0 Å². The molecule has 3 rings (SSSR count). The minimum atomic E-state index is -4.94. The molecule has 2 aromatic rings. The number of hydrogen-bond acceptors (Lipinski definition) is 6. The van der Waals surface area contributed by atoms with Gasteiger partial charge in [-0.15, -0.1) is 0 Å². The molecule has 2 N–H and O–H groups in total. The van der Waals surface area contributed by atoms with Crippen molar-refractivity contribution < 1.29 is 35.8 Å². The van der Waals surface area contributed by atoms with Crippen LogP contribution in [0.25, 0.3) is 0 Å². The monoisotopic (exact) mass is 519 g/mol. The molecular weight excluding hydrogens is 497 g/mol. The first-order chi connectivity index (χ1) is 16.0. The van der Waals surface area contributed by atoms with Gasteiger partial charge in [0, 0.05) is 24.3 Å². The van der Waals surface area contributed by atoms with Crippen molar-refractivity contribution in [2.24, 2.45) is 5.73 Å². The maximum absolute atomic E-state index is 13.2. The van der Waals surface area contributed by atoms with Crippen molar-refractivity contribution >= 4 is 27.3 Å². The fourth-order valence-corrected chi connectivity index (χ4v) is 5.44. The van der Waals surface area contributed by atoms with Crippen LogP contribution in [0.15, 0.2) is 60.3 Å². The lowest BCUT2D eigenvalue weighted by Gasteiger charge is -2.34. The number of rotatable bonds is 8. The van der Waals surface area contributed by atoms with Gasteiger partial charge < -0.3 is 19.9 Å². The Hall–Kier alpha value is -2.73. The SMILES string of the molecule is COc1cccc(OC)c1Oc1ccc([N+]2(S(=O)(=O)CC(F)(F)F)C=C(CN)C=CC2)cc1Cl. The normalized spacial score (nSPS) is 18.4. The molecule has 0 saturated carbocycles. The van der Waals surface area contributed by atoms with Crippen LogP contribution in [0.3, 0.4) is 0 Å². The summed E-state index contributed by atoms with van der Waals surface area (Å²) in [7, 11) is -1.94. The van der Waals surface area contributed by atoms with E-state index in [4.69, 9.17) is 31.5 Å². The van der Waals surface area contributed by atoms with E-state index in [1.165, 1.54) is 44.7 Å². The Morgan fingerprint density at radius 1 is 1.09 bits per heavy atom. The van der Waals surface area contributed by atoms with Gasteiger partial charge in [-0.3, -0.25) is 0 Å². The Labute approximate surface area is 200 Å². The molecule has 0 spiro atoms. The summed E-state index contributed by atoms with van der Waals surface area (Å²) in [5, 5.41) is -0.0255. The Morgan fingerprint density at radius 2 is 1.74 bits per heavy atom. The van der Waals surface area contributed by atoms with Gasteiger partial charge in [0.1, 0.15) is 18.5 Å². The van der Waals surface area contributed by atoms with E-state index in [0.29, 0.717) is 17.1 Å². The van der Waals surface area contributed by atoms with Crippen LogP contribution in [0.4, 0.5) is 18.9 Å². The number of methoxy groups -OCH3 is 2. The second kappa shape index (κ2) is 9.87. The molecule has 34 heavy (non-hydrogen) atoms. The molecule has 1 heterocycles. The predicted molar refractivity (Wildman–Crippen MR) is 124 cm³/mol. The highest BCUT2D eigenvalue weighted by Crippen LogP contribution is 2.44. The molecule has 2 aromatic carbocycles. The molecule has 0 amide bonds. The average Bonchev–Trinajstić information content (AvgIpc) is 2.78. The first kappa shape index (κ1) is 25.9. The first-order valence-corrected chi connectivity index (χ1v) is 11.9. The summed E-state index contributed by atoms with van der Waals surface area (Å²) in [4.78, 5) is 0. The van der Waals surface area contributed by atoms with Gasteiger partial charge in [0.15, 0.2) is 22.9 Å². The van der Waals surface area contributed by atoms with Crippen LogP contribution >= 0.6 is 11.6 Å². The van der Waals surface area contributed by atoms with E-state index in [1.54, 1.807) is 24.3 Å². The summed E-state index contributed by atoms with van der Waals surface area (Å²) in [6, 6.07) is 8.96. The smallest absolute Gasteiger partial charge is 0.408 e. The summed E-state index contributed by atoms with van der Waals surface area (Å²) >= 11 is 6.41. The molecule has 12 heteroatoms. The number of hydrogen-bond donors (Lipinski definition) is 1. The van der Waals surface area contributed by atoms with Gasteiger partial charge in [-0.05, 0) is 24.3 Å². The van der Waals surface area contributed by atoms with Crippen LogP contribution in [0, 0.1) is 0 Å². The van der Waals surface area contributed by atoms with Gasteiger partial charge in [0.2, 0.25) is 5.75 Å². The van der Waals surface area contributed by atoms with Crippen LogP contribution in [-0.2, 0) is 10.0 Å². The van der Waals surface area contributed by atoms with Gasteiger partial charge >= 0.3 is 16.2 Å². The summed E-state index contributed by atoms with van der Waals surface area (Å²) in [5.41, 5.74) is 6.02. The molecular formula is C22H23ClF3N2O5S+. The summed E-state index contributed by atoms with van der Waals surface area (Å²) in [5.74, 6) is -0.965. The van der Waals surface area contributed by atoms with Crippen LogP contribution in [0.2, 0.25) is 5.02 Å². The van der Waals surface area contributed by atoms with E-state index in [1.807, 2.05) is 0 Å². The molecule has 7 nitrogen and oxygen atoms in total. The number of sulfonamides is 1. The average molecular weight is 520 g/mol. The number of quaternary nitrogens is 1. The van der Waals surface area contributed by atoms with Crippen molar-refractivity contribution in [3.05, 3.63) is 65.3 Å². The number of alkyl halides is 3. The summed E-state index contributed by atoms with van der Waals surface area (Å²) in [6.45, 7) is -0.320. The lowest BCUT2D eigenvalue weighted by molar-refractivity contribution is -0.106. The lowest BCUT2D eigenvalue weighted by atomic mass is 10.2. The molecule has 0 aromatic heterocycles. The highest BCUT2D eigenvalue weighted by Gasteiger charge is 2.50. The van der Waals surface area contributed by atoms with E-state index in [0.717, 1.165) is 0 Å². The summed E-state index contributed by atoms with van der Waals surface area (Å²) < 4.78 is 81.0. The number of ether oxygens (including phenoxy) is 3. The molecule has 1 aliphatic heterocycles. The number of halogens is 4. The first-order valence-electron chi connectivity index (χ1n) is 9.91. The molecule has 1 atom stereocenters. The van der Waals surface area contributed by atoms with Gasteiger partial charge in [-0.1, -0.05) is 23.7 Å². The minimum Gasteiger partial charge on any atom is -0.493 e. The van der Waals surface area contributed by atoms with Crippen molar-refractivity contribution in [1.29, 1.82) is 0 Å². The third-order valence-electron chi connectivity index (χ3n) is 5.11. The van der Waals surface area contributed by atoms with Crippen molar-refractivity contribution in [2.75, 3.05) is 33.1 Å². The highest BCUT2D eigenvalue weighted by atomic mass is 35.5. The van der Waals surface area contributed by atoms with Crippen LogP contribution in [0.1, 0.15) is 0 Å². The molecule has 0 saturated heterocycles. The molecule has 1 unspecified atom stereocenters. The zero-order valence-corrected chi connectivity index (χ0v) is 19.9. The second-order valence-electron chi connectivity index (χ2n) is 7.34. The fraction of sp³-hybridized carbons (Fsp3) is 0.273. The minimum absolute atomic E-state index is 0.00360. The van der Waals surface area contributed by atoms with Crippen molar-refractivity contribution in [1.82, 2.24) is 3.89 Å². The van der Waals surface area contributed by atoms with Gasteiger partial charge in [0.05, 0.1) is 19.2 Å². The largest absolute Gasteiger partial charge is 0.493 e. The van der Waals surface area contributed by atoms with Crippen molar-refractivity contribution in [2.45, 2.75) is 6.18 Å². The van der Waals surface area contributed by atoms with E-state index < -0.39 is 25.8 Å². The summed E-state index contributed by atoms with van der Waals surface area (Å²) in [6.07, 6.45) is -0.688. The second-order valence-corrected chi connectivity index (χ2v) is 9.85. The highest BCUT2D eigenvalue weighted by molar-refractivity contribution is 7.91. The molecule has 0 radical (unpaired) electrons. The molecule has 184 valence electrons. The standard InChI is InChI=1S/C22H23ClF3N2O5S/c1-31-19-6-3-7-20(32-2)21(19)33-18-9-8-16(11-17(18)23)28(10-4-5-15(12-27)13-28)34(29,30)14-22(24,25)26/h3-9,11,13H,10,12,14,27H2,1-2H3/q+1. The van der Waals surface area contributed by atoms with E-state index in [-0.39, 0.29) is 35.3 Å². The van der Waals surface area contributed by atoms with E-state index >= 15 is 0 Å². The van der Waals surface area contributed by atoms with Crippen LogP contribution in [0.5, 0.6) is 23.0 Å². The van der Waals surface area contributed by atoms with Gasteiger partial charge in [-0.2, -0.15) is 25.5 Å². The number of para-hydroxylation sites is 1. The maximum Gasteiger partial charge on any atom is 0.408 e. The Bertz CT molecular complexity index is 1210. The number of nitrogens with zero attached hydrogens (tertiary/aromatic N) is 1. The lowest BCUT2D eigenvalue weighted by Crippen LogP contribution is -2.54. The predicted octanol–water partition coefficient (Wildman–Crippen LogP) is 4.76. The zero-order chi connectivity index (χ0) is 25.1. The quantitative estimate of drug-likeness (QED) is 0.506. The molecule has 1 aliphatic rings. The van der Waals surface area contributed by atoms with E-state index in [2.05, 4.69) is 0 Å². The third kappa shape index (κ3) is 5.17. The van der Waals surface area contributed by atoms with Crippen molar-refractivity contribution in [3.8, 4) is 23.0 Å². The van der Waals surface area contributed by atoms with E-state index in [9.17, 15) is 21.6 Å². The zero-order valence-electron chi connectivity index (χ0n) is 18.3. The van der Waals surface area contributed by atoms with Gasteiger partial charge in [0.25, 0.3) is 0 Å². The Kier molecular flexibility index (Phi) is 7.51. The number of benzene rings is 2. The number of nitrogens with two attached hydrogens (primary N) is 1. The molecule has 0 aliphatic carbocycles. The van der Waals surface area contributed by atoms with Gasteiger partial charge in [-0.25, -0.2) is 0 Å². The van der Waals surface area contributed by atoms with Crippen LogP contribution in [-0.4, -0.2) is 47.7 Å². The fourth-order valence-electron chi connectivity index (χ4n) is 3.54. The molecule has 0 bridgehead atoms. The van der Waals surface area contributed by atoms with Crippen LogP contribution < -0.4 is 23.8 Å². The third-order valence-corrected chi connectivity index (χ3v) is 7.55. The Balaban J connectivity index is 2.10. The maximum atomic E-state index is 13.2. The Morgan fingerprint density at radius 3 is 2.26 bits per heavy atom. The molecule has 0 fully saturated rings.